The van der Waals surface area contributed by atoms with Gasteiger partial charge in [-0.25, -0.2) is 9.97 Å². The second-order valence-corrected chi connectivity index (χ2v) is 8.13. The summed E-state index contributed by atoms with van der Waals surface area (Å²) in [7, 11) is 0. The van der Waals surface area contributed by atoms with Gasteiger partial charge in [0.1, 0.15) is 11.9 Å². The Bertz CT molecular complexity index is 977. The number of piperazine rings is 1. The first kappa shape index (κ1) is 17.6. The van der Waals surface area contributed by atoms with Crippen molar-refractivity contribution in [1.82, 2.24) is 14.9 Å². The molecule has 2 aliphatic heterocycles. The molecule has 2 saturated heterocycles. The minimum Gasteiger partial charge on any atom is -0.368 e. The van der Waals surface area contributed by atoms with Crippen molar-refractivity contribution in [2.24, 2.45) is 0 Å². The molecule has 7 heteroatoms. The van der Waals surface area contributed by atoms with Gasteiger partial charge in [-0.05, 0) is 36.4 Å². The summed E-state index contributed by atoms with van der Waals surface area (Å²) in [5.41, 5.74) is 0.953. The summed E-state index contributed by atoms with van der Waals surface area (Å²) in [4.78, 5) is 27.6. The van der Waals surface area contributed by atoms with Gasteiger partial charge in [-0.3, -0.25) is 4.79 Å². The van der Waals surface area contributed by atoms with E-state index in [0.717, 1.165) is 53.4 Å². The molecule has 1 atom stereocenters. The van der Waals surface area contributed by atoms with Crippen molar-refractivity contribution in [1.29, 1.82) is 0 Å². The van der Waals surface area contributed by atoms with Crippen LogP contribution in [0, 0.1) is 0 Å². The van der Waals surface area contributed by atoms with Crippen LogP contribution in [0.15, 0.2) is 41.8 Å². The minimum atomic E-state index is -0.239. The summed E-state index contributed by atoms with van der Waals surface area (Å²) in [6.07, 6.45) is 1.59. The van der Waals surface area contributed by atoms with Gasteiger partial charge >= 0.3 is 0 Å². The third kappa shape index (κ3) is 3.25. The molecule has 3 aromatic rings. The molecule has 2 aromatic heterocycles. The molecule has 144 valence electrons. The van der Waals surface area contributed by atoms with Crippen molar-refractivity contribution >= 4 is 34.0 Å². The average Bonchev–Trinajstić information content (AvgIpc) is 3.47. The maximum Gasteiger partial charge on any atom is 0.251 e. The summed E-state index contributed by atoms with van der Waals surface area (Å²) in [6, 6.07) is 12.2. The maximum absolute atomic E-state index is 12.6. The first-order valence-electron chi connectivity index (χ1n) is 9.75. The first-order chi connectivity index (χ1) is 13.8. The van der Waals surface area contributed by atoms with Crippen LogP contribution >= 0.6 is 11.3 Å². The number of para-hydroxylation sites is 1. The van der Waals surface area contributed by atoms with Gasteiger partial charge < -0.3 is 14.5 Å². The molecule has 28 heavy (non-hydrogen) atoms. The highest BCUT2D eigenvalue weighted by Gasteiger charge is 2.31. The van der Waals surface area contributed by atoms with E-state index in [0.29, 0.717) is 19.7 Å². The van der Waals surface area contributed by atoms with E-state index in [1.54, 1.807) is 11.3 Å². The Labute approximate surface area is 167 Å². The molecule has 6 nitrogen and oxygen atoms in total. The highest BCUT2D eigenvalue weighted by atomic mass is 32.1. The van der Waals surface area contributed by atoms with Gasteiger partial charge in [0, 0.05) is 38.2 Å². The van der Waals surface area contributed by atoms with Gasteiger partial charge in [0.05, 0.1) is 10.4 Å². The molecule has 0 aliphatic carbocycles. The number of hydrogen-bond acceptors (Lipinski definition) is 6. The number of aromatic nitrogens is 2. The number of rotatable bonds is 3. The molecule has 0 N–H and O–H groups in total. The topological polar surface area (TPSA) is 58.6 Å². The highest BCUT2D eigenvalue weighted by Crippen LogP contribution is 2.30. The van der Waals surface area contributed by atoms with E-state index in [1.807, 2.05) is 34.5 Å². The van der Waals surface area contributed by atoms with Crippen molar-refractivity contribution in [3.8, 4) is 10.7 Å². The lowest BCUT2D eigenvalue weighted by atomic mass is 10.1. The lowest BCUT2D eigenvalue weighted by Crippen LogP contribution is -2.51. The number of anilines is 1. The van der Waals surface area contributed by atoms with Crippen LogP contribution in [0.3, 0.4) is 0 Å². The summed E-state index contributed by atoms with van der Waals surface area (Å²) < 4.78 is 5.57. The fraction of sp³-hybridized carbons (Fsp3) is 0.381. The number of benzene rings is 1. The highest BCUT2D eigenvalue weighted by molar-refractivity contribution is 7.13. The molecule has 2 aliphatic rings. The molecular weight excluding hydrogens is 372 g/mol. The molecule has 0 spiro atoms. The number of thiophene rings is 1. The second kappa shape index (κ2) is 7.48. The fourth-order valence-corrected chi connectivity index (χ4v) is 4.59. The number of carbonyl (C=O) groups excluding carboxylic acids is 1. The second-order valence-electron chi connectivity index (χ2n) is 7.18. The lowest BCUT2D eigenvalue weighted by molar-refractivity contribution is -0.141. The fourth-order valence-electron chi connectivity index (χ4n) is 3.93. The number of carbonyl (C=O) groups is 1. The van der Waals surface area contributed by atoms with Gasteiger partial charge in [-0.1, -0.05) is 18.2 Å². The van der Waals surface area contributed by atoms with E-state index >= 15 is 0 Å². The monoisotopic (exact) mass is 394 g/mol. The maximum atomic E-state index is 12.6. The zero-order chi connectivity index (χ0) is 18.9. The number of fused-ring (bicyclic) bond motifs is 1. The molecule has 1 unspecified atom stereocenters. The lowest BCUT2D eigenvalue weighted by Gasteiger charge is -2.36. The predicted molar refractivity (Wildman–Crippen MR) is 111 cm³/mol. The zero-order valence-corrected chi connectivity index (χ0v) is 16.4. The summed E-state index contributed by atoms with van der Waals surface area (Å²) in [5.74, 6) is 1.86. The van der Waals surface area contributed by atoms with Crippen molar-refractivity contribution in [2.45, 2.75) is 18.9 Å². The van der Waals surface area contributed by atoms with E-state index in [-0.39, 0.29) is 12.0 Å². The third-order valence-electron chi connectivity index (χ3n) is 5.42. The Hall–Kier alpha value is -2.51. The summed E-state index contributed by atoms with van der Waals surface area (Å²) >= 11 is 1.65. The number of ether oxygens (including phenoxy) is 1. The van der Waals surface area contributed by atoms with E-state index in [2.05, 4.69) is 17.0 Å². The largest absolute Gasteiger partial charge is 0.368 e. The van der Waals surface area contributed by atoms with Crippen molar-refractivity contribution in [3.05, 3.63) is 41.8 Å². The standard InChI is InChI=1S/C21H22N4O2S/c26-21(17-7-3-13-27-17)25-11-9-24(10-12-25)20-15-5-1-2-6-16(15)22-19(23-20)18-8-4-14-28-18/h1-2,4-6,8,14,17H,3,7,9-13H2. The van der Waals surface area contributed by atoms with Crippen molar-refractivity contribution < 1.29 is 9.53 Å². The van der Waals surface area contributed by atoms with Gasteiger partial charge in [-0.15, -0.1) is 11.3 Å². The van der Waals surface area contributed by atoms with E-state index in [1.165, 1.54) is 0 Å². The molecule has 0 bridgehead atoms. The number of nitrogens with zero attached hydrogens (tertiary/aromatic N) is 4. The Morgan fingerprint density at radius 1 is 1.07 bits per heavy atom. The molecule has 0 saturated carbocycles. The quantitative estimate of drug-likeness (QED) is 0.683. The normalized spacial score (nSPS) is 20.1. The predicted octanol–water partition coefficient (Wildman–Crippen LogP) is 3.19. The Kier molecular flexibility index (Phi) is 4.70. The Morgan fingerprint density at radius 2 is 1.93 bits per heavy atom. The van der Waals surface area contributed by atoms with E-state index in [4.69, 9.17) is 14.7 Å². The molecule has 2 fully saturated rings. The van der Waals surface area contributed by atoms with Gasteiger partial charge in [-0.2, -0.15) is 0 Å². The van der Waals surface area contributed by atoms with E-state index < -0.39 is 0 Å². The number of hydrogen-bond donors (Lipinski definition) is 0. The van der Waals surface area contributed by atoms with Crippen LogP contribution in [0.5, 0.6) is 0 Å². The first-order valence-corrected chi connectivity index (χ1v) is 10.6. The van der Waals surface area contributed by atoms with Gasteiger partial charge in [0.15, 0.2) is 5.82 Å². The smallest absolute Gasteiger partial charge is 0.251 e. The zero-order valence-electron chi connectivity index (χ0n) is 15.6. The number of amides is 1. The van der Waals surface area contributed by atoms with Gasteiger partial charge in [0.2, 0.25) is 0 Å². The van der Waals surface area contributed by atoms with Crippen LogP contribution in [0.1, 0.15) is 12.8 Å². The molecule has 1 aromatic carbocycles. The Morgan fingerprint density at radius 3 is 2.68 bits per heavy atom. The SMILES string of the molecule is O=C(C1CCCO1)N1CCN(c2nc(-c3cccs3)nc3ccccc23)CC1. The summed E-state index contributed by atoms with van der Waals surface area (Å²) in [6.45, 7) is 3.64. The van der Waals surface area contributed by atoms with Crippen LogP contribution in [0.4, 0.5) is 5.82 Å². The van der Waals surface area contributed by atoms with Crippen LogP contribution in [0.2, 0.25) is 0 Å². The minimum absolute atomic E-state index is 0.143. The average molecular weight is 395 g/mol. The molecule has 4 heterocycles. The van der Waals surface area contributed by atoms with Crippen molar-refractivity contribution in [3.63, 3.8) is 0 Å². The van der Waals surface area contributed by atoms with Crippen LogP contribution in [0.25, 0.3) is 21.6 Å². The molecule has 1 amide bonds. The molecule has 0 radical (unpaired) electrons. The third-order valence-corrected chi connectivity index (χ3v) is 6.29. The Balaban J connectivity index is 1.41. The molecular formula is C21H22N4O2S. The van der Waals surface area contributed by atoms with E-state index in [9.17, 15) is 4.79 Å². The molecule has 5 rings (SSSR count). The van der Waals surface area contributed by atoms with Gasteiger partial charge in [0.25, 0.3) is 5.91 Å². The van der Waals surface area contributed by atoms with Crippen LogP contribution in [-0.4, -0.2) is 59.7 Å². The van der Waals surface area contributed by atoms with Crippen LogP contribution in [-0.2, 0) is 9.53 Å². The van der Waals surface area contributed by atoms with Crippen LogP contribution < -0.4 is 4.90 Å². The van der Waals surface area contributed by atoms with Crippen molar-refractivity contribution in [2.75, 3.05) is 37.7 Å². The summed E-state index contributed by atoms with van der Waals surface area (Å²) in [5, 5.41) is 3.10.